The number of halogens is 2. The smallest absolute Gasteiger partial charge is 0.207 e. The van der Waals surface area contributed by atoms with Crippen LogP contribution in [0.5, 0.6) is 0 Å². The summed E-state index contributed by atoms with van der Waals surface area (Å²) in [6.45, 7) is 2.93. The number of hydrogen-bond donors (Lipinski definition) is 0. The van der Waals surface area contributed by atoms with Gasteiger partial charge in [0.15, 0.2) is 0 Å². The third-order valence-corrected chi connectivity index (χ3v) is 8.28. The number of nitrogens with zero attached hydrogens (tertiary/aromatic N) is 1. The van der Waals surface area contributed by atoms with E-state index in [0.717, 1.165) is 22.0 Å². The number of benzene rings is 1. The van der Waals surface area contributed by atoms with Crippen LogP contribution < -0.4 is 0 Å². The van der Waals surface area contributed by atoms with Gasteiger partial charge in [-0.3, -0.25) is 0 Å². The maximum atomic E-state index is 12.9. The molecule has 1 aliphatic rings. The predicted molar refractivity (Wildman–Crippen MR) is 92.2 cm³/mol. The van der Waals surface area contributed by atoms with Gasteiger partial charge in [-0.25, -0.2) is 8.42 Å². The van der Waals surface area contributed by atoms with Crippen LogP contribution in [0.1, 0.15) is 16.0 Å². The highest BCUT2D eigenvalue weighted by atomic mass is 79.9. The normalized spacial score (nSPS) is 16.0. The molecule has 0 radical (unpaired) electrons. The van der Waals surface area contributed by atoms with E-state index in [-0.39, 0.29) is 0 Å². The van der Waals surface area contributed by atoms with Crippen molar-refractivity contribution in [1.82, 2.24) is 4.31 Å². The molecule has 0 saturated carbocycles. The molecule has 3 rings (SSSR count). The molecular formula is C14H13Br2NO2S2. The molecular weight excluding hydrogens is 438 g/mol. The minimum absolute atomic E-state index is 0.318. The predicted octanol–water partition coefficient (Wildman–Crippen LogP) is 4.33. The first-order valence-corrected chi connectivity index (χ1v) is 10.3. The van der Waals surface area contributed by atoms with Gasteiger partial charge in [0.25, 0.3) is 0 Å². The van der Waals surface area contributed by atoms with E-state index in [0.29, 0.717) is 22.5 Å². The summed E-state index contributed by atoms with van der Waals surface area (Å²) in [4.78, 5) is 1.62. The molecule has 2 heterocycles. The fourth-order valence-electron chi connectivity index (χ4n) is 2.39. The molecule has 0 bridgehead atoms. The molecule has 21 heavy (non-hydrogen) atoms. The summed E-state index contributed by atoms with van der Waals surface area (Å²) in [6.07, 6.45) is 0.789. The number of fused-ring (bicyclic) bond motifs is 1. The molecule has 0 N–H and O–H groups in total. The largest absolute Gasteiger partial charge is 0.244 e. The second-order valence-corrected chi connectivity index (χ2v) is 9.61. The van der Waals surface area contributed by atoms with E-state index in [1.54, 1.807) is 21.7 Å². The molecule has 0 aliphatic carbocycles. The Hall–Kier alpha value is -0.210. The highest BCUT2D eigenvalue weighted by Crippen LogP contribution is 2.33. The van der Waals surface area contributed by atoms with Crippen molar-refractivity contribution in [3.63, 3.8) is 0 Å². The molecule has 7 heteroatoms. The van der Waals surface area contributed by atoms with Crippen LogP contribution in [0.25, 0.3) is 0 Å². The summed E-state index contributed by atoms with van der Waals surface area (Å²) in [7, 11) is -3.49. The summed E-state index contributed by atoms with van der Waals surface area (Å²) in [5.74, 6) is 0. The van der Waals surface area contributed by atoms with E-state index < -0.39 is 10.0 Å². The zero-order valence-electron chi connectivity index (χ0n) is 11.3. The standard InChI is InChI=1S/C14H13Br2NO2S2/c1-9-6-12(16)14(7-11(9)15)21(18,19)17-4-2-13-10(8-17)3-5-20-13/h3,5-7H,2,4,8H2,1H3. The average Bonchev–Trinajstić information content (AvgIpc) is 2.90. The maximum Gasteiger partial charge on any atom is 0.244 e. The topological polar surface area (TPSA) is 37.4 Å². The molecule has 0 saturated heterocycles. The van der Waals surface area contributed by atoms with E-state index in [1.807, 2.05) is 24.4 Å². The van der Waals surface area contributed by atoms with Crippen molar-refractivity contribution in [1.29, 1.82) is 0 Å². The molecule has 0 fully saturated rings. The van der Waals surface area contributed by atoms with Crippen LogP contribution in [-0.4, -0.2) is 19.3 Å². The van der Waals surface area contributed by atoms with Gasteiger partial charge in [0.05, 0.1) is 4.90 Å². The zero-order valence-corrected chi connectivity index (χ0v) is 16.1. The van der Waals surface area contributed by atoms with E-state index in [9.17, 15) is 8.42 Å². The summed E-state index contributed by atoms with van der Waals surface area (Å²) in [5, 5.41) is 2.03. The van der Waals surface area contributed by atoms with Crippen LogP contribution in [0.3, 0.4) is 0 Å². The Kier molecular flexibility index (Phi) is 4.31. The van der Waals surface area contributed by atoms with E-state index in [1.165, 1.54) is 4.88 Å². The Morgan fingerprint density at radius 3 is 2.76 bits per heavy atom. The number of sulfonamides is 1. The van der Waals surface area contributed by atoms with Gasteiger partial charge < -0.3 is 0 Å². The van der Waals surface area contributed by atoms with Crippen molar-refractivity contribution in [2.75, 3.05) is 6.54 Å². The van der Waals surface area contributed by atoms with E-state index >= 15 is 0 Å². The fraction of sp³-hybridized carbons (Fsp3) is 0.286. The van der Waals surface area contributed by atoms with Crippen molar-refractivity contribution in [2.45, 2.75) is 24.8 Å². The Morgan fingerprint density at radius 2 is 2.00 bits per heavy atom. The third kappa shape index (κ3) is 2.86. The molecule has 1 aromatic carbocycles. The number of aryl methyl sites for hydroxylation is 1. The molecule has 0 spiro atoms. The molecule has 0 amide bonds. The van der Waals surface area contributed by atoms with Crippen molar-refractivity contribution in [2.24, 2.45) is 0 Å². The summed E-state index contributed by atoms with van der Waals surface area (Å²) < 4.78 is 28.7. The lowest BCUT2D eigenvalue weighted by atomic mass is 10.1. The highest BCUT2D eigenvalue weighted by molar-refractivity contribution is 9.11. The quantitative estimate of drug-likeness (QED) is 0.682. The van der Waals surface area contributed by atoms with Gasteiger partial charge in [0.2, 0.25) is 10.0 Å². The van der Waals surface area contributed by atoms with Gasteiger partial charge >= 0.3 is 0 Å². The maximum absolute atomic E-state index is 12.9. The van der Waals surface area contributed by atoms with Crippen LogP contribution >= 0.6 is 43.2 Å². The first kappa shape index (κ1) is 15.7. The lowest BCUT2D eigenvalue weighted by molar-refractivity contribution is 0.394. The number of thiophene rings is 1. The lowest BCUT2D eigenvalue weighted by Crippen LogP contribution is -2.35. The fourth-order valence-corrected chi connectivity index (χ4v) is 6.34. The Morgan fingerprint density at radius 1 is 1.24 bits per heavy atom. The van der Waals surface area contributed by atoms with E-state index in [2.05, 4.69) is 31.9 Å². The second kappa shape index (κ2) is 5.77. The molecule has 0 unspecified atom stereocenters. The Labute approximate surface area is 145 Å². The molecule has 0 atom stereocenters. The van der Waals surface area contributed by atoms with Gasteiger partial charge in [-0.1, -0.05) is 15.9 Å². The molecule has 1 aliphatic heterocycles. The molecule has 1 aromatic heterocycles. The van der Waals surface area contributed by atoms with Crippen molar-refractivity contribution in [3.8, 4) is 0 Å². The highest BCUT2D eigenvalue weighted by Gasteiger charge is 2.30. The van der Waals surface area contributed by atoms with Crippen LogP contribution in [0.15, 0.2) is 37.4 Å². The minimum Gasteiger partial charge on any atom is -0.207 e. The monoisotopic (exact) mass is 449 g/mol. The molecule has 112 valence electrons. The van der Waals surface area contributed by atoms with Crippen LogP contribution in [-0.2, 0) is 23.0 Å². The van der Waals surface area contributed by atoms with Gasteiger partial charge in [0, 0.05) is 26.9 Å². The summed E-state index contributed by atoms with van der Waals surface area (Å²) >= 11 is 8.50. The van der Waals surface area contributed by atoms with Crippen molar-refractivity contribution >= 4 is 53.2 Å². The van der Waals surface area contributed by atoms with Crippen LogP contribution in [0, 0.1) is 6.92 Å². The Balaban J connectivity index is 2.00. The zero-order chi connectivity index (χ0) is 15.2. The van der Waals surface area contributed by atoms with Gasteiger partial charge in [-0.15, -0.1) is 11.3 Å². The molecule has 2 aromatic rings. The SMILES string of the molecule is Cc1cc(Br)c(S(=O)(=O)N2CCc3sccc3C2)cc1Br. The summed E-state index contributed by atoms with van der Waals surface area (Å²) in [6, 6.07) is 5.52. The van der Waals surface area contributed by atoms with Crippen LogP contribution in [0.4, 0.5) is 0 Å². The first-order valence-electron chi connectivity index (χ1n) is 6.40. The van der Waals surface area contributed by atoms with Crippen molar-refractivity contribution in [3.05, 3.63) is 48.5 Å². The van der Waals surface area contributed by atoms with Crippen molar-refractivity contribution < 1.29 is 8.42 Å². The van der Waals surface area contributed by atoms with E-state index in [4.69, 9.17) is 0 Å². The van der Waals surface area contributed by atoms with Gasteiger partial charge in [0.1, 0.15) is 0 Å². The van der Waals surface area contributed by atoms with Crippen LogP contribution in [0.2, 0.25) is 0 Å². The second-order valence-electron chi connectivity index (χ2n) is 4.99. The third-order valence-electron chi connectivity index (χ3n) is 3.60. The van der Waals surface area contributed by atoms with Gasteiger partial charge in [-0.05, 0) is 64.0 Å². The minimum atomic E-state index is -3.49. The molecule has 3 nitrogen and oxygen atoms in total. The number of hydrogen-bond acceptors (Lipinski definition) is 3. The Bertz CT molecular complexity index is 799. The first-order chi connectivity index (χ1) is 9.89. The van der Waals surface area contributed by atoms with Gasteiger partial charge in [-0.2, -0.15) is 4.31 Å². The summed E-state index contributed by atoms with van der Waals surface area (Å²) in [5.41, 5.74) is 2.12. The number of rotatable bonds is 2. The average molecular weight is 451 g/mol. The lowest BCUT2D eigenvalue weighted by Gasteiger charge is -2.26.